The first-order valence-electron chi connectivity index (χ1n) is 11.4. The van der Waals surface area contributed by atoms with Gasteiger partial charge in [-0.3, -0.25) is 10.6 Å². The summed E-state index contributed by atoms with van der Waals surface area (Å²) in [5.41, 5.74) is 1.72. The Hall–Kier alpha value is -2.42. The largest absolute Gasteiger partial charge is 0.491 e. The Kier molecular flexibility index (Phi) is 7.36. The quantitative estimate of drug-likeness (QED) is 0.459. The van der Waals surface area contributed by atoms with Gasteiger partial charge in [0.05, 0.1) is 18.2 Å². The van der Waals surface area contributed by atoms with Gasteiger partial charge in [0.1, 0.15) is 6.61 Å². The summed E-state index contributed by atoms with van der Waals surface area (Å²) in [5.74, 6) is -4.08. The molecule has 2 atom stereocenters. The molecule has 2 aliphatic rings. The standard InChI is InChI=1S/C25H29F3N2O3/c26-25(27,28)23(31)33-24(17-32-20-15-9-1-2-10-16-20)29-21(18-11-5-3-6-12-18)22(30-24)19-13-7-4-8-14-19/h3-8,11-14,20-22,29-30H,1-2,9-10,15-17H2. The molecule has 0 bridgehead atoms. The number of halogens is 3. The van der Waals surface area contributed by atoms with Crippen molar-refractivity contribution < 1.29 is 27.4 Å². The van der Waals surface area contributed by atoms with Gasteiger partial charge < -0.3 is 9.47 Å². The van der Waals surface area contributed by atoms with Crippen LogP contribution in [0.2, 0.25) is 0 Å². The molecule has 2 aromatic carbocycles. The van der Waals surface area contributed by atoms with Gasteiger partial charge in [-0.05, 0) is 24.0 Å². The summed E-state index contributed by atoms with van der Waals surface area (Å²) in [5, 5.41) is 6.30. The number of carbonyl (C=O) groups excluding carboxylic acids is 1. The van der Waals surface area contributed by atoms with Crippen molar-refractivity contribution in [2.45, 2.75) is 68.7 Å². The van der Waals surface area contributed by atoms with Gasteiger partial charge in [0.25, 0.3) is 0 Å². The van der Waals surface area contributed by atoms with Crippen LogP contribution < -0.4 is 10.6 Å². The summed E-state index contributed by atoms with van der Waals surface area (Å²) in [7, 11) is 0. The second-order valence-corrected chi connectivity index (χ2v) is 8.70. The number of alkyl halides is 3. The first-order chi connectivity index (χ1) is 15.9. The summed E-state index contributed by atoms with van der Waals surface area (Å²) in [6.07, 6.45) is 0.754. The van der Waals surface area contributed by atoms with Crippen LogP contribution in [0.15, 0.2) is 60.7 Å². The van der Waals surface area contributed by atoms with Gasteiger partial charge in [-0.15, -0.1) is 0 Å². The maximum Gasteiger partial charge on any atom is 0.491 e. The van der Waals surface area contributed by atoms with Crippen LogP contribution >= 0.6 is 0 Å². The van der Waals surface area contributed by atoms with Crippen LogP contribution in [0.3, 0.4) is 0 Å². The van der Waals surface area contributed by atoms with Crippen molar-refractivity contribution in [1.82, 2.24) is 10.6 Å². The SMILES string of the molecule is O=C(OC1(COC2CCCCCC2)NC(c2ccccc2)C(c2ccccc2)N1)C(F)(F)F. The van der Waals surface area contributed by atoms with E-state index in [-0.39, 0.29) is 12.7 Å². The molecule has 0 radical (unpaired) electrons. The van der Waals surface area contributed by atoms with Crippen LogP contribution in [0, 0.1) is 0 Å². The Bertz CT molecular complexity index is 853. The molecule has 2 unspecified atom stereocenters. The predicted molar refractivity (Wildman–Crippen MR) is 117 cm³/mol. The van der Waals surface area contributed by atoms with Gasteiger partial charge >= 0.3 is 12.1 Å². The normalized spacial score (nSPS) is 26.6. The molecule has 178 valence electrons. The molecule has 1 aliphatic carbocycles. The molecule has 5 nitrogen and oxygen atoms in total. The van der Waals surface area contributed by atoms with E-state index in [1.807, 2.05) is 60.7 Å². The molecular formula is C25H29F3N2O3. The Morgan fingerprint density at radius 2 is 1.33 bits per heavy atom. The van der Waals surface area contributed by atoms with Crippen LogP contribution in [-0.4, -0.2) is 30.7 Å². The van der Waals surface area contributed by atoms with E-state index < -0.39 is 30.1 Å². The number of ether oxygens (including phenoxy) is 2. The summed E-state index contributed by atoms with van der Waals surface area (Å²) in [6.45, 7) is -0.230. The van der Waals surface area contributed by atoms with Gasteiger partial charge in [0, 0.05) is 0 Å². The van der Waals surface area contributed by atoms with Gasteiger partial charge in [-0.2, -0.15) is 13.2 Å². The third-order valence-corrected chi connectivity index (χ3v) is 6.25. The highest BCUT2D eigenvalue weighted by Crippen LogP contribution is 2.38. The molecule has 1 saturated heterocycles. The van der Waals surface area contributed by atoms with E-state index in [0.717, 1.165) is 49.7 Å². The molecule has 8 heteroatoms. The Labute approximate surface area is 191 Å². The van der Waals surface area contributed by atoms with E-state index in [9.17, 15) is 18.0 Å². The van der Waals surface area contributed by atoms with Crippen molar-refractivity contribution in [1.29, 1.82) is 0 Å². The molecule has 0 aromatic heterocycles. The van der Waals surface area contributed by atoms with Crippen LogP contribution in [0.1, 0.15) is 61.7 Å². The van der Waals surface area contributed by atoms with Crippen LogP contribution in [0.4, 0.5) is 13.2 Å². The fourth-order valence-electron chi connectivity index (χ4n) is 4.61. The van der Waals surface area contributed by atoms with E-state index in [0.29, 0.717) is 0 Å². The highest BCUT2D eigenvalue weighted by molar-refractivity contribution is 5.76. The molecule has 1 aliphatic heterocycles. The Morgan fingerprint density at radius 1 is 0.848 bits per heavy atom. The zero-order valence-electron chi connectivity index (χ0n) is 18.3. The number of esters is 1. The maximum absolute atomic E-state index is 13.2. The number of benzene rings is 2. The number of nitrogens with one attached hydrogen (secondary N) is 2. The van der Waals surface area contributed by atoms with Crippen molar-refractivity contribution in [3.8, 4) is 0 Å². The van der Waals surface area contributed by atoms with Gasteiger partial charge in [0.15, 0.2) is 0 Å². The molecule has 2 N–H and O–H groups in total. The minimum Gasteiger partial charge on any atom is -0.421 e. The zero-order chi connectivity index (χ0) is 23.3. The molecule has 2 fully saturated rings. The fourth-order valence-corrected chi connectivity index (χ4v) is 4.61. The lowest BCUT2D eigenvalue weighted by Gasteiger charge is -2.32. The average molecular weight is 463 g/mol. The fraction of sp³-hybridized carbons (Fsp3) is 0.480. The van der Waals surface area contributed by atoms with Crippen molar-refractivity contribution in [2.75, 3.05) is 6.61 Å². The summed E-state index contributed by atoms with van der Waals surface area (Å²) < 4.78 is 50.7. The summed E-state index contributed by atoms with van der Waals surface area (Å²) >= 11 is 0. The van der Waals surface area contributed by atoms with E-state index in [4.69, 9.17) is 9.47 Å². The number of hydrogen-bond donors (Lipinski definition) is 2. The van der Waals surface area contributed by atoms with Crippen molar-refractivity contribution >= 4 is 5.97 Å². The molecule has 0 spiro atoms. The highest BCUT2D eigenvalue weighted by Gasteiger charge is 2.53. The minimum atomic E-state index is -5.12. The lowest BCUT2D eigenvalue weighted by Crippen LogP contribution is -2.58. The monoisotopic (exact) mass is 462 g/mol. The van der Waals surface area contributed by atoms with Crippen LogP contribution in [-0.2, 0) is 14.3 Å². The smallest absolute Gasteiger partial charge is 0.421 e. The van der Waals surface area contributed by atoms with Crippen LogP contribution in [0.25, 0.3) is 0 Å². The van der Waals surface area contributed by atoms with E-state index in [2.05, 4.69) is 10.6 Å². The van der Waals surface area contributed by atoms with Gasteiger partial charge in [0.2, 0.25) is 5.85 Å². The second-order valence-electron chi connectivity index (χ2n) is 8.70. The third kappa shape index (κ3) is 5.93. The van der Waals surface area contributed by atoms with Gasteiger partial charge in [-0.25, -0.2) is 4.79 Å². The minimum absolute atomic E-state index is 0.0801. The first-order valence-corrected chi connectivity index (χ1v) is 11.4. The van der Waals surface area contributed by atoms with E-state index >= 15 is 0 Å². The third-order valence-electron chi connectivity index (χ3n) is 6.25. The average Bonchev–Trinajstić information content (AvgIpc) is 2.99. The lowest BCUT2D eigenvalue weighted by atomic mass is 9.95. The van der Waals surface area contributed by atoms with Gasteiger partial charge in [-0.1, -0.05) is 86.3 Å². The second kappa shape index (κ2) is 10.2. The maximum atomic E-state index is 13.2. The molecule has 0 amide bonds. The molecule has 2 aromatic rings. The molecule has 4 rings (SSSR count). The molecule has 1 heterocycles. The molecule has 33 heavy (non-hydrogen) atoms. The number of hydrogen-bond acceptors (Lipinski definition) is 5. The predicted octanol–water partition coefficient (Wildman–Crippen LogP) is 5.16. The Morgan fingerprint density at radius 3 is 1.79 bits per heavy atom. The Balaban J connectivity index is 1.64. The first kappa shape index (κ1) is 23.7. The lowest BCUT2D eigenvalue weighted by molar-refractivity contribution is -0.226. The number of carbonyl (C=O) groups is 1. The zero-order valence-corrected chi connectivity index (χ0v) is 18.3. The summed E-state index contributed by atoms with van der Waals surface area (Å²) in [6, 6.07) is 17.9. The van der Waals surface area contributed by atoms with E-state index in [1.165, 1.54) is 0 Å². The molecular weight excluding hydrogens is 433 g/mol. The topological polar surface area (TPSA) is 59.6 Å². The summed E-state index contributed by atoms with van der Waals surface area (Å²) in [4.78, 5) is 11.9. The van der Waals surface area contributed by atoms with Crippen molar-refractivity contribution in [3.63, 3.8) is 0 Å². The molecule has 1 saturated carbocycles. The van der Waals surface area contributed by atoms with Crippen LogP contribution in [0.5, 0.6) is 0 Å². The van der Waals surface area contributed by atoms with E-state index in [1.54, 1.807) is 0 Å². The number of rotatable bonds is 6. The van der Waals surface area contributed by atoms with Crippen molar-refractivity contribution in [2.24, 2.45) is 0 Å². The highest BCUT2D eigenvalue weighted by atomic mass is 19.4. The van der Waals surface area contributed by atoms with Crippen molar-refractivity contribution in [3.05, 3.63) is 71.8 Å².